The second kappa shape index (κ2) is 8.07. The van der Waals surface area contributed by atoms with Gasteiger partial charge in [0.15, 0.2) is 17.0 Å². The number of ketones is 1. The number of para-hydroxylation sites is 1. The molecule has 176 valence electrons. The molecule has 9 heteroatoms. The van der Waals surface area contributed by atoms with Crippen molar-refractivity contribution in [2.24, 2.45) is 13.0 Å². The number of carbonyl (C=O) groups excluding carboxylic acids is 2. The first-order valence-electron chi connectivity index (χ1n) is 12.0. The number of hydrogen-bond donors (Lipinski definition) is 1. The first-order valence-corrected chi connectivity index (χ1v) is 12.0. The second-order valence-electron chi connectivity index (χ2n) is 9.79. The normalized spacial score (nSPS) is 19.6. The number of carbonyl (C=O) groups is 2. The van der Waals surface area contributed by atoms with Gasteiger partial charge in [0.1, 0.15) is 23.5 Å². The SMILES string of the molecule is Cn1c(C(=O)NCC2CC2)nc2c(N3CCC4(CC3)CC(=O)Cc3ccccc3O4)ncnc21. The fourth-order valence-corrected chi connectivity index (χ4v) is 5.12. The van der Waals surface area contributed by atoms with Crippen LogP contribution in [0.3, 0.4) is 0 Å². The molecule has 3 aliphatic rings. The molecule has 0 atom stereocenters. The topological polar surface area (TPSA) is 102 Å². The fraction of sp³-hybridized carbons (Fsp3) is 0.480. The second-order valence-corrected chi connectivity index (χ2v) is 9.79. The van der Waals surface area contributed by atoms with Gasteiger partial charge in [0, 0.05) is 57.9 Å². The Morgan fingerprint density at radius 1 is 1.21 bits per heavy atom. The maximum atomic E-state index is 12.7. The van der Waals surface area contributed by atoms with Crippen LogP contribution in [0.1, 0.15) is 48.3 Å². The van der Waals surface area contributed by atoms with Gasteiger partial charge in [-0.2, -0.15) is 0 Å². The number of amides is 1. The quantitative estimate of drug-likeness (QED) is 0.638. The highest BCUT2D eigenvalue weighted by atomic mass is 16.5. The Morgan fingerprint density at radius 2 is 2.00 bits per heavy atom. The van der Waals surface area contributed by atoms with Crippen molar-refractivity contribution in [1.29, 1.82) is 0 Å². The van der Waals surface area contributed by atoms with Crippen LogP contribution in [0.2, 0.25) is 0 Å². The molecular weight excluding hydrogens is 432 g/mol. The van der Waals surface area contributed by atoms with Crippen molar-refractivity contribution in [2.75, 3.05) is 24.5 Å². The molecule has 4 heterocycles. The lowest BCUT2D eigenvalue weighted by atomic mass is 9.86. The van der Waals surface area contributed by atoms with E-state index in [1.165, 1.54) is 19.2 Å². The highest BCUT2D eigenvalue weighted by molar-refractivity contribution is 5.96. The summed E-state index contributed by atoms with van der Waals surface area (Å²) in [7, 11) is 1.81. The first kappa shape index (κ1) is 21.1. The summed E-state index contributed by atoms with van der Waals surface area (Å²) in [5.41, 5.74) is 1.73. The van der Waals surface area contributed by atoms with Crippen LogP contribution in [0.25, 0.3) is 11.2 Å². The zero-order valence-corrected chi connectivity index (χ0v) is 19.3. The summed E-state index contributed by atoms with van der Waals surface area (Å²) in [5.74, 6) is 2.52. The van der Waals surface area contributed by atoms with E-state index in [-0.39, 0.29) is 11.7 Å². The van der Waals surface area contributed by atoms with E-state index >= 15 is 0 Å². The Morgan fingerprint density at radius 3 is 2.79 bits per heavy atom. The van der Waals surface area contributed by atoms with E-state index in [0.717, 1.165) is 17.1 Å². The molecule has 0 unspecified atom stereocenters. The van der Waals surface area contributed by atoms with Crippen LogP contribution in [-0.2, 0) is 18.3 Å². The number of benzene rings is 1. The highest BCUT2D eigenvalue weighted by Crippen LogP contribution is 2.38. The Bertz CT molecular complexity index is 1270. The van der Waals surface area contributed by atoms with Gasteiger partial charge in [-0.3, -0.25) is 9.59 Å². The number of hydrogen-bond acceptors (Lipinski definition) is 7. The summed E-state index contributed by atoms with van der Waals surface area (Å²) < 4.78 is 8.21. The number of aromatic nitrogens is 4. The molecule has 1 spiro atoms. The number of nitrogens with one attached hydrogen (secondary N) is 1. The fourth-order valence-electron chi connectivity index (χ4n) is 5.12. The van der Waals surface area contributed by atoms with Crippen LogP contribution in [0.4, 0.5) is 5.82 Å². The average Bonchev–Trinajstić information content (AvgIpc) is 3.62. The van der Waals surface area contributed by atoms with Gasteiger partial charge in [0.25, 0.3) is 5.91 Å². The number of piperidine rings is 1. The Balaban J connectivity index is 1.24. The van der Waals surface area contributed by atoms with E-state index in [4.69, 9.17) is 4.74 Å². The third-order valence-electron chi connectivity index (χ3n) is 7.27. The average molecular weight is 461 g/mol. The summed E-state index contributed by atoms with van der Waals surface area (Å²) in [4.78, 5) is 41.1. The molecule has 0 bridgehead atoms. The molecule has 1 aliphatic carbocycles. The highest BCUT2D eigenvalue weighted by Gasteiger charge is 2.41. The van der Waals surface area contributed by atoms with Crippen molar-refractivity contribution in [1.82, 2.24) is 24.8 Å². The zero-order valence-electron chi connectivity index (χ0n) is 19.3. The molecule has 9 nitrogen and oxygen atoms in total. The minimum atomic E-state index is -0.496. The maximum absolute atomic E-state index is 12.7. The number of aryl methyl sites for hydroxylation is 1. The van der Waals surface area contributed by atoms with Crippen LogP contribution in [0.5, 0.6) is 5.75 Å². The lowest BCUT2D eigenvalue weighted by Crippen LogP contribution is -2.49. The molecule has 3 aromatic rings. The van der Waals surface area contributed by atoms with E-state index < -0.39 is 5.60 Å². The lowest BCUT2D eigenvalue weighted by molar-refractivity contribution is -0.122. The van der Waals surface area contributed by atoms with Crippen LogP contribution >= 0.6 is 0 Å². The van der Waals surface area contributed by atoms with E-state index in [2.05, 4.69) is 25.2 Å². The third-order valence-corrected chi connectivity index (χ3v) is 7.27. The molecule has 1 saturated carbocycles. The van der Waals surface area contributed by atoms with Gasteiger partial charge in [-0.15, -0.1) is 0 Å². The zero-order chi connectivity index (χ0) is 23.3. The van der Waals surface area contributed by atoms with E-state index in [1.807, 2.05) is 31.3 Å². The van der Waals surface area contributed by atoms with Gasteiger partial charge in [-0.05, 0) is 24.8 Å². The van der Waals surface area contributed by atoms with Gasteiger partial charge in [-0.25, -0.2) is 15.0 Å². The van der Waals surface area contributed by atoms with E-state index in [1.54, 1.807) is 4.57 Å². The predicted molar refractivity (Wildman–Crippen MR) is 126 cm³/mol. The third kappa shape index (κ3) is 3.78. The van der Waals surface area contributed by atoms with Gasteiger partial charge >= 0.3 is 0 Å². The number of imidazole rings is 1. The molecule has 1 aromatic carbocycles. The summed E-state index contributed by atoms with van der Waals surface area (Å²) in [6.45, 7) is 2.05. The summed E-state index contributed by atoms with van der Waals surface area (Å²) >= 11 is 0. The molecule has 6 rings (SSSR count). The molecule has 34 heavy (non-hydrogen) atoms. The Hall–Kier alpha value is -3.49. The number of fused-ring (bicyclic) bond motifs is 2. The molecule has 2 aliphatic heterocycles. The van der Waals surface area contributed by atoms with E-state index in [9.17, 15) is 9.59 Å². The number of anilines is 1. The minimum absolute atomic E-state index is 0.181. The van der Waals surface area contributed by atoms with Crippen LogP contribution in [0, 0.1) is 5.92 Å². The predicted octanol–water partition coefficient (Wildman–Crippen LogP) is 2.44. The number of Topliss-reactive ketones (excluding diaryl/α,β-unsaturated/α-hetero) is 1. The van der Waals surface area contributed by atoms with Crippen molar-refractivity contribution < 1.29 is 14.3 Å². The molecule has 1 N–H and O–H groups in total. The summed E-state index contributed by atoms with van der Waals surface area (Å²) in [6.07, 6.45) is 6.14. The van der Waals surface area contributed by atoms with Crippen molar-refractivity contribution in [3.05, 3.63) is 42.0 Å². The number of rotatable bonds is 4. The van der Waals surface area contributed by atoms with Gasteiger partial charge in [0.2, 0.25) is 5.82 Å². The Kier molecular flexibility index (Phi) is 5.00. The largest absolute Gasteiger partial charge is 0.486 e. The van der Waals surface area contributed by atoms with Crippen LogP contribution in [0.15, 0.2) is 30.6 Å². The number of nitrogens with zero attached hydrogens (tertiary/aromatic N) is 5. The first-order chi connectivity index (χ1) is 16.5. The molecule has 2 aromatic heterocycles. The maximum Gasteiger partial charge on any atom is 0.287 e. The summed E-state index contributed by atoms with van der Waals surface area (Å²) in [6, 6.07) is 7.83. The molecular formula is C25H28N6O3. The molecule has 1 saturated heterocycles. The van der Waals surface area contributed by atoms with Gasteiger partial charge < -0.3 is 19.5 Å². The molecule has 2 fully saturated rings. The standard InChI is InChI=1S/C25H28N6O3/c1-30-21-20(29-23(30)24(33)26-14-16-6-7-16)22(28-15-27-21)31-10-8-25(9-11-31)13-18(32)12-17-4-2-3-5-19(17)34-25/h2-5,15-16H,6-14H2,1H3,(H,26,33). The van der Waals surface area contributed by atoms with Crippen molar-refractivity contribution in [3.63, 3.8) is 0 Å². The van der Waals surface area contributed by atoms with Crippen molar-refractivity contribution in [2.45, 2.75) is 44.1 Å². The Labute approximate surface area is 197 Å². The molecule has 0 radical (unpaired) electrons. The number of ether oxygens (including phenoxy) is 1. The van der Waals surface area contributed by atoms with Gasteiger partial charge in [0.05, 0.1) is 0 Å². The monoisotopic (exact) mass is 460 g/mol. The van der Waals surface area contributed by atoms with E-state index in [0.29, 0.717) is 68.2 Å². The lowest BCUT2D eigenvalue weighted by Gasteiger charge is -2.41. The smallest absolute Gasteiger partial charge is 0.287 e. The van der Waals surface area contributed by atoms with Crippen molar-refractivity contribution >= 4 is 28.7 Å². The van der Waals surface area contributed by atoms with Gasteiger partial charge in [-0.1, -0.05) is 18.2 Å². The molecule has 1 amide bonds. The minimum Gasteiger partial charge on any atom is -0.486 e. The van der Waals surface area contributed by atoms with Crippen molar-refractivity contribution in [3.8, 4) is 5.75 Å². The summed E-state index contributed by atoms with van der Waals surface area (Å²) in [5, 5.41) is 2.99. The van der Waals surface area contributed by atoms with Crippen LogP contribution < -0.4 is 15.0 Å². The van der Waals surface area contributed by atoms with Crippen LogP contribution in [-0.4, -0.2) is 56.4 Å².